The number of carbonyl (C=O) groups is 1. The van der Waals surface area contributed by atoms with Gasteiger partial charge in [0, 0.05) is 11.8 Å². The van der Waals surface area contributed by atoms with Crippen LogP contribution >= 0.6 is 22.6 Å². The van der Waals surface area contributed by atoms with Gasteiger partial charge in [-0.2, -0.15) is 4.98 Å². The molecular formula is C21H20IN3O4. The second kappa shape index (κ2) is 7.40. The van der Waals surface area contributed by atoms with E-state index in [1.807, 2.05) is 45.0 Å². The Balaban J connectivity index is 1.66. The van der Waals surface area contributed by atoms with Crippen molar-refractivity contribution < 1.29 is 19.2 Å². The summed E-state index contributed by atoms with van der Waals surface area (Å²) >= 11 is 2.16. The zero-order chi connectivity index (χ0) is 20.8. The van der Waals surface area contributed by atoms with Crippen molar-refractivity contribution in [2.45, 2.75) is 45.1 Å². The molecule has 0 unspecified atom stereocenters. The van der Waals surface area contributed by atoms with Gasteiger partial charge in [-0.3, -0.25) is 4.79 Å². The van der Waals surface area contributed by atoms with E-state index >= 15 is 0 Å². The van der Waals surface area contributed by atoms with E-state index < -0.39 is 11.4 Å². The van der Waals surface area contributed by atoms with Crippen LogP contribution in [0.2, 0.25) is 0 Å². The van der Waals surface area contributed by atoms with Gasteiger partial charge < -0.3 is 14.4 Å². The number of carboxylic acids is 1. The second-order valence-electron chi connectivity index (χ2n) is 7.58. The van der Waals surface area contributed by atoms with Gasteiger partial charge >= 0.3 is 5.97 Å². The molecule has 1 aliphatic carbocycles. The highest BCUT2D eigenvalue weighted by Gasteiger charge is 2.51. The van der Waals surface area contributed by atoms with Crippen LogP contribution in [0.1, 0.15) is 37.8 Å². The third-order valence-electron chi connectivity index (χ3n) is 4.88. The molecule has 3 aromatic rings. The number of aromatic nitrogens is 3. The highest BCUT2D eigenvalue weighted by Crippen LogP contribution is 2.49. The first kappa shape index (κ1) is 19.8. The number of aryl methyl sites for hydroxylation is 1. The van der Waals surface area contributed by atoms with Crippen LogP contribution in [0.3, 0.4) is 0 Å². The van der Waals surface area contributed by atoms with Gasteiger partial charge in [-0.05, 0) is 80.0 Å². The molecule has 1 aliphatic rings. The minimum atomic E-state index is -0.785. The molecule has 0 saturated heterocycles. The van der Waals surface area contributed by atoms with Gasteiger partial charge in [0.15, 0.2) is 0 Å². The smallest absolute Gasteiger partial charge is 0.314 e. The Labute approximate surface area is 181 Å². The Hall–Kier alpha value is -2.49. The maximum atomic E-state index is 11.7. The minimum Gasteiger partial charge on any atom is -0.481 e. The first-order valence-electron chi connectivity index (χ1n) is 9.31. The lowest BCUT2D eigenvalue weighted by Crippen LogP contribution is -2.19. The average Bonchev–Trinajstić information content (AvgIpc) is 3.33. The number of hydrogen-bond acceptors (Lipinski definition) is 6. The van der Waals surface area contributed by atoms with Gasteiger partial charge in [-0.25, -0.2) is 4.98 Å². The highest BCUT2D eigenvalue weighted by molar-refractivity contribution is 14.1. The molecule has 8 heteroatoms. The molecule has 1 fully saturated rings. The zero-order valence-electron chi connectivity index (χ0n) is 16.3. The summed E-state index contributed by atoms with van der Waals surface area (Å²) in [5, 5.41) is 13.7. The molecule has 150 valence electrons. The van der Waals surface area contributed by atoms with Gasteiger partial charge in [0.1, 0.15) is 0 Å². The maximum absolute atomic E-state index is 11.7. The monoisotopic (exact) mass is 505 g/mol. The molecule has 0 radical (unpaired) electrons. The molecule has 0 spiro atoms. The molecule has 29 heavy (non-hydrogen) atoms. The summed E-state index contributed by atoms with van der Waals surface area (Å²) in [5.74, 6) is 0.551. The van der Waals surface area contributed by atoms with E-state index in [1.165, 1.54) is 0 Å². The number of ether oxygens (including phenoxy) is 1. The lowest BCUT2D eigenvalue weighted by molar-refractivity contribution is -0.140. The number of hydrogen-bond donors (Lipinski definition) is 1. The molecule has 1 aromatic carbocycles. The van der Waals surface area contributed by atoms with Crippen molar-refractivity contribution >= 4 is 28.6 Å². The SMILES string of the molecule is Cc1cc(-c2noc(-c3cnc(OC(C)C)c(I)c3)n2)cc(C2(C(=O)O)CC2)c1. The summed E-state index contributed by atoms with van der Waals surface area (Å²) in [7, 11) is 0. The molecule has 1 N–H and O–H groups in total. The summed E-state index contributed by atoms with van der Waals surface area (Å²) in [6.45, 7) is 5.83. The standard InChI is InChI=1S/C21H20IN3O4/c1-11(2)28-19-16(22)9-14(10-23-19)18-24-17(25-29-18)13-6-12(3)7-15(8-13)21(4-5-21)20(26)27/h6-11H,4-5H2,1-3H3,(H,26,27). The summed E-state index contributed by atoms with van der Waals surface area (Å²) < 4.78 is 12.0. The van der Waals surface area contributed by atoms with Crippen molar-refractivity contribution in [3.05, 3.63) is 45.2 Å². The molecule has 2 heterocycles. The van der Waals surface area contributed by atoms with Gasteiger partial charge in [0.05, 0.1) is 20.7 Å². The number of benzene rings is 1. The third kappa shape index (κ3) is 3.85. The van der Waals surface area contributed by atoms with E-state index in [-0.39, 0.29) is 6.10 Å². The number of rotatable bonds is 6. The van der Waals surface area contributed by atoms with Crippen LogP contribution in [0, 0.1) is 10.5 Å². The third-order valence-corrected chi connectivity index (χ3v) is 5.65. The predicted molar refractivity (Wildman–Crippen MR) is 115 cm³/mol. The van der Waals surface area contributed by atoms with Crippen molar-refractivity contribution in [2.75, 3.05) is 0 Å². The fourth-order valence-electron chi connectivity index (χ4n) is 3.25. The summed E-state index contributed by atoms with van der Waals surface area (Å²) in [5.41, 5.74) is 2.41. The highest BCUT2D eigenvalue weighted by atomic mass is 127. The van der Waals surface area contributed by atoms with E-state index in [2.05, 4.69) is 37.7 Å². The Bertz CT molecular complexity index is 1090. The van der Waals surface area contributed by atoms with Gasteiger partial charge in [-0.1, -0.05) is 16.8 Å². The van der Waals surface area contributed by atoms with Gasteiger partial charge in [0.25, 0.3) is 5.89 Å². The Morgan fingerprint density at radius 2 is 2.00 bits per heavy atom. The van der Waals surface area contributed by atoms with Crippen molar-refractivity contribution in [2.24, 2.45) is 0 Å². The summed E-state index contributed by atoms with van der Waals surface area (Å²) in [4.78, 5) is 20.5. The van der Waals surface area contributed by atoms with Crippen LogP contribution < -0.4 is 4.74 Å². The van der Waals surface area contributed by atoms with E-state index in [9.17, 15) is 9.90 Å². The normalized spacial score (nSPS) is 14.8. The minimum absolute atomic E-state index is 0.0351. The molecule has 0 amide bonds. The number of aliphatic carboxylic acids is 1. The zero-order valence-corrected chi connectivity index (χ0v) is 18.4. The van der Waals surface area contributed by atoms with Crippen LogP contribution in [-0.2, 0) is 10.2 Å². The van der Waals surface area contributed by atoms with E-state index in [4.69, 9.17) is 9.26 Å². The van der Waals surface area contributed by atoms with E-state index in [0.717, 1.165) is 20.3 Å². The van der Waals surface area contributed by atoms with Gasteiger partial charge in [0.2, 0.25) is 11.7 Å². The van der Waals surface area contributed by atoms with Crippen LogP contribution in [0.5, 0.6) is 5.88 Å². The molecule has 7 nitrogen and oxygen atoms in total. The number of carboxylic acid groups (broad SMARTS) is 1. The first-order chi connectivity index (χ1) is 13.8. The quantitative estimate of drug-likeness (QED) is 0.489. The molecule has 0 atom stereocenters. The summed E-state index contributed by atoms with van der Waals surface area (Å²) in [6, 6.07) is 7.58. The van der Waals surface area contributed by atoms with E-state index in [1.54, 1.807) is 6.20 Å². The van der Waals surface area contributed by atoms with Crippen molar-refractivity contribution in [1.29, 1.82) is 0 Å². The Morgan fingerprint density at radius 1 is 1.24 bits per heavy atom. The van der Waals surface area contributed by atoms with Crippen molar-refractivity contribution in [3.8, 4) is 28.7 Å². The molecule has 0 aliphatic heterocycles. The topological polar surface area (TPSA) is 98.3 Å². The second-order valence-corrected chi connectivity index (χ2v) is 8.74. The molecule has 0 bridgehead atoms. The van der Waals surface area contributed by atoms with Crippen LogP contribution in [0.15, 0.2) is 35.0 Å². The Kier molecular flexibility index (Phi) is 5.05. The fraction of sp³-hybridized carbons (Fsp3) is 0.333. The van der Waals surface area contributed by atoms with E-state index in [0.29, 0.717) is 36.0 Å². The molecule has 1 saturated carbocycles. The van der Waals surface area contributed by atoms with Crippen LogP contribution in [-0.4, -0.2) is 32.3 Å². The van der Waals surface area contributed by atoms with Crippen molar-refractivity contribution in [1.82, 2.24) is 15.1 Å². The molecule has 4 rings (SSSR count). The van der Waals surface area contributed by atoms with Crippen molar-refractivity contribution in [3.63, 3.8) is 0 Å². The van der Waals surface area contributed by atoms with Crippen LogP contribution in [0.4, 0.5) is 0 Å². The fourth-order valence-corrected chi connectivity index (χ4v) is 3.85. The molecule has 2 aromatic heterocycles. The number of pyridine rings is 1. The predicted octanol–water partition coefficient (Wildman–Crippen LogP) is 4.62. The lowest BCUT2D eigenvalue weighted by atomic mass is 9.92. The van der Waals surface area contributed by atoms with Crippen LogP contribution in [0.25, 0.3) is 22.8 Å². The molecular weight excluding hydrogens is 485 g/mol. The number of halogens is 1. The first-order valence-corrected chi connectivity index (χ1v) is 10.4. The Morgan fingerprint density at radius 3 is 2.62 bits per heavy atom. The lowest BCUT2D eigenvalue weighted by Gasteiger charge is -2.12. The largest absolute Gasteiger partial charge is 0.481 e. The maximum Gasteiger partial charge on any atom is 0.314 e. The average molecular weight is 505 g/mol. The summed E-state index contributed by atoms with van der Waals surface area (Å²) in [6.07, 6.45) is 2.98. The number of nitrogens with zero attached hydrogens (tertiary/aromatic N) is 3. The van der Waals surface area contributed by atoms with Gasteiger partial charge in [-0.15, -0.1) is 0 Å².